The molecule has 1 fully saturated rings. The average Bonchev–Trinajstić information content (AvgIpc) is 3.19. The highest BCUT2D eigenvalue weighted by atomic mass is 35.5. The van der Waals surface area contributed by atoms with E-state index < -0.39 is 17.6 Å². The molecule has 172 valence electrons. The van der Waals surface area contributed by atoms with Gasteiger partial charge in [-0.3, -0.25) is 9.59 Å². The minimum absolute atomic E-state index is 0.151. The van der Waals surface area contributed by atoms with E-state index in [1.807, 2.05) is 12.1 Å². The molecule has 10 heteroatoms. The maximum Gasteiger partial charge on any atom is 0.417 e. The summed E-state index contributed by atoms with van der Waals surface area (Å²) in [7, 11) is 0. The van der Waals surface area contributed by atoms with E-state index in [0.29, 0.717) is 20.6 Å². The number of hydrogen-bond acceptors (Lipinski definition) is 4. The predicted molar refractivity (Wildman–Crippen MR) is 121 cm³/mol. The molecule has 1 aromatic heterocycles. The van der Waals surface area contributed by atoms with Gasteiger partial charge in [-0.15, -0.1) is 11.3 Å². The topological polar surface area (TPSA) is 53.5 Å². The van der Waals surface area contributed by atoms with E-state index in [0.717, 1.165) is 11.6 Å². The number of carbonyl (C=O) groups is 2. The van der Waals surface area contributed by atoms with Crippen LogP contribution in [0.2, 0.25) is 5.02 Å². The Morgan fingerprint density at radius 3 is 2.12 bits per heavy atom. The van der Waals surface area contributed by atoms with Gasteiger partial charge in [-0.05, 0) is 31.2 Å². The van der Waals surface area contributed by atoms with Crippen LogP contribution in [0, 0.1) is 6.92 Å². The van der Waals surface area contributed by atoms with Crippen LogP contribution in [0.5, 0.6) is 0 Å². The first-order valence-corrected chi connectivity index (χ1v) is 11.3. The number of rotatable bonds is 3. The second kappa shape index (κ2) is 9.15. The minimum atomic E-state index is -4.62. The van der Waals surface area contributed by atoms with Crippen molar-refractivity contribution in [1.82, 2.24) is 14.8 Å². The first kappa shape index (κ1) is 23.3. The number of benzene rings is 2. The molecule has 4 rings (SSSR count). The van der Waals surface area contributed by atoms with Crippen LogP contribution in [0.4, 0.5) is 13.2 Å². The summed E-state index contributed by atoms with van der Waals surface area (Å²) >= 11 is 7.21. The third-order valence-electron chi connectivity index (χ3n) is 5.40. The van der Waals surface area contributed by atoms with Gasteiger partial charge in [0.2, 0.25) is 0 Å². The molecule has 0 saturated carbocycles. The number of aryl methyl sites for hydroxylation is 1. The summed E-state index contributed by atoms with van der Waals surface area (Å²) in [5.41, 5.74) is 0.122. The van der Waals surface area contributed by atoms with Crippen molar-refractivity contribution in [3.05, 3.63) is 75.3 Å². The summed E-state index contributed by atoms with van der Waals surface area (Å²) in [6.45, 7) is 2.52. The predicted octanol–water partition coefficient (Wildman–Crippen LogP) is 5.39. The number of nitrogens with zero attached hydrogens (tertiary/aromatic N) is 3. The highest BCUT2D eigenvalue weighted by Crippen LogP contribution is 2.33. The normalized spacial score (nSPS) is 14.5. The average molecular weight is 494 g/mol. The summed E-state index contributed by atoms with van der Waals surface area (Å²) in [5, 5.41) is 1.30. The molecule has 0 aliphatic carbocycles. The fraction of sp³-hybridized carbons (Fsp3) is 0.261. The molecule has 0 spiro atoms. The molecule has 0 radical (unpaired) electrons. The van der Waals surface area contributed by atoms with Crippen molar-refractivity contribution in [2.24, 2.45) is 0 Å². The first-order chi connectivity index (χ1) is 15.6. The summed E-state index contributed by atoms with van der Waals surface area (Å²) < 4.78 is 39.8. The van der Waals surface area contributed by atoms with E-state index in [1.165, 1.54) is 34.4 Å². The Kier molecular flexibility index (Phi) is 6.45. The van der Waals surface area contributed by atoms with Gasteiger partial charge in [-0.25, -0.2) is 4.98 Å². The molecular weight excluding hydrogens is 475 g/mol. The number of thiazole rings is 1. The Labute approximate surface area is 197 Å². The van der Waals surface area contributed by atoms with E-state index in [9.17, 15) is 22.8 Å². The monoisotopic (exact) mass is 493 g/mol. The van der Waals surface area contributed by atoms with Gasteiger partial charge in [0.1, 0.15) is 9.88 Å². The van der Waals surface area contributed by atoms with Crippen molar-refractivity contribution in [3.8, 4) is 10.6 Å². The fourth-order valence-electron chi connectivity index (χ4n) is 3.65. The van der Waals surface area contributed by atoms with E-state index in [2.05, 4.69) is 4.98 Å². The van der Waals surface area contributed by atoms with E-state index in [1.54, 1.807) is 24.0 Å². The van der Waals surface area contributed by atoms with Crippen LogP contribution in [0.1, 0.15) is 31.3 Å². The Morgan fingerprint density at radius 2 is 1.52 bits per heavy atom. The van der Waals surface area contributed by atoms with Crippen LogP contribution in [-0.2, 0) is 6.18 Å². The SMILES string of the molecule is Cc1nc(-c2ccc(Cl)cc2)sc1C(=O)N1CCN(C(=O)c2ccccc2C(F)(F)F)CC1. The Bertz CT molecular complexity index is 1190. The molecule has 0 N–H and O–H groups in total. The molecule has 1 saturated heterocycles. The van der Waals surface area contributed by atoms with E-state index >= 15 is 0 Å². The van der Waals surface area contributed by atoms with Gasteiger partial charge in [0, 0.05) is 36.8 Å². The molecule has 2 aromatic carbocycles. The van der Waals surface area contributed by atoms with Gasteiger partial charge < -0.3 is 9.80 Å². The van der Waals surface area contributed by atoms with Crippen LogP contribution in [0.15, 0.2) is 48.5 Å². The zero-order valence-corrected chi connectivity index (χ0v) is 19.1. The van der Waals surface area contributed by atoms with E-state index in [4.69, 9.17) is 11.6 Å². The summed E-state index contributed by atoms with van der Waals surface area (Å²) in [6.07, 6.45) is -4.62. The maximum atomic E-state index is 13.3. The summed E-state index contributed by atoms with van der Waals surface area (Å²) in [4.78, 5) is 33.8. The number of piperazine rings is 1. The number of aromatic nitrogens is 1. The maximum absolute atomic E-state index is 13.3. The number of hydrogen-bond donors (Lipinski definition) is 0. The smallest absolute Gasteiger partial charge is 0.335 e. The summed E-state index contributed by atoms with van der Waals surface area (Å²) in [5.74, 6) is -0.887. The second-order valence-corrected chi connectivity index (χ2v) is 9.00. The zero-order valence-electron chi connectivity index (χ0n) is 17.5. The highest BCUT2D eigenvalue weighted by molar-refractivity contribution is 7.17. The van der Waals surface area contributed by atoms with Gasteiger partial charge in [0.15, 0.2) is 0 Å². The van der Waals surface area contributed by atoms with Gasteiger partial charge in [0.05, 0.1) is 16.8 Å². The van der Waals surface area contributed by atoms with Crippen LogP contribution < -0.4 is 0 Å². The number of carbonyl (C=O) groups excluding carboxylic acids is 2. The lowest BCUT2D eigenvalue weighted by Gasteiger charge is -2.35. The molecule has 3 aromatic rings. The largest absolute Gasteiger partial charge is 0.417 e. The van der Waals surface area contributed by atoms with Crippen molar-refractivity contribution >= 4 is 34.8 Å². The van der Waals surface area contributed by atoms with Crippen LogP contribution >= 0.6 is 22.9 Å². The fourth-order valence-corrected chi connectivity index (χ4v) is 4.82. The molecule has 5 nitrogen and oxygen atoms in total. The lowest BCUT2D eigenvalue weighted by Crippen LogP contribution is -2.50. The molecule has 2 amide bonds. The van der Waals surface area contributed by atoms with Gasteiger partial charge in [-0.2, -0.15) is 13.2 Å². The molecule has 1 aliphatic heterocycles. The molecule has 2 heterocycles. The Morgan fingerprint density at radius 1 is 0.939 bits per heavy atom. The molecule has 0 unspecified atom stereocenters. The lowest BCUT2D eigenvalue weighted by molar-refractivity contribution is -0.138. The van der Waals surface area contributed by atoms with Crippen LogP contribution in [0.3, 0.4) is 0 Å². The number of alkyl halides is 3. The summed E-state index contributed by atoms with van der Waals surface area (Å²) in [6, 6.07) is 11.9. The molecule has 33 heavy (non-hydrogen) atoms. The molecule has 0 bridgehead atoms. The molecule has 1 aliphatic rings. The van der Waals surface area contributed by atoms with Crippen molar-refractivity contribution in [2.45, 2.75) is 13.1 Å². The van der Waals surface area contributed by atoms with Crippen molar-refractivity contribution in [1.29, 1.82) is 0 Å². The first-order valence-electron chi connectivity index (χ1n) is 10.1. The third-order valence-corrected chi connectivity index (χ3v) is 6.85. The Balaban J connectivity index is 1.45. The molecular formula is C23H19ClF3N3O2S. The highest BCUT2D eigenvalue weighted by Gasteiger charge is 2.36. The zero-order chi connectivity index (χ0) is 23.8. The number of amides is 2. The van der Waals surface area contributed by atoms with Crippen molar-refractivity contribution in [2.75, 3.05) is 26.2 Å². The number of halogens is 4. The van der Waals surface area contributed by atoms with Crippen molar-refractivity contribution in [3.63, 3.8) is 0 Å². The lowest BCUT2D eigenvalue weighted by atomic mass is 10.1. The van der Waals surface area contributed by atoms with Crippen LogP contribution in [0.25, 0.3) is 10.6 Å². The van der Waals surface area contributed by atoms with Crippen LogP contribution in [-0.4, -0.2) is 52.8 Å². The second-order valence-electron chi connectivity index (χ2n) is 7.57. The molecule has 0 atom stereocenters. The Hall–Kier alpha value is -2.91. The third kappa shape index (κ3) is 4.89. The minimum Gasteiger partial charge on any atom is -0.335 e. The quantitative estimate of drug-likeness (QED) is 0.491. The van der Waals surface area contributed by atoms with Gasteiger partial charge in [-0.1, -0.05) is 35.9 Å². The van der Waals surface area contributed by atoms with Gasteiger partial charge >= 0.3 is 6.18 Å². The standard InChI is InChI=1S/C23H19ClF3N3O2S/c1-14-19(33-20(28-14)15-6-8-16(24)9-7-15)22(32)30-12-10-29(11-13-30)21(31)17-4-2-3-5-18(17)23(25,26)27/h2-9H,10-13H2,1H3. The van der Waals surface area contributed by atoms with Crippen molar-refractivity contribution < 1.29 is 22.8 Å². The van der Waals surface area contributed by atoms with E-state index in [-0.39, 0.29) is 37.6 Å². The van der Waals surface area contributed by atoms with Gasteiger partial charge in [0.25, 0.3) is 11.8 Å².